The Morgan fingerprint density at radius 2 is 1.62 bits per heavy atom. The van der Waals surface area contributed by atoms with E-state index >= 15 is 0 Å². The summed E-state index contributed by atoms with van der Waals surface area (Å²) in [5, 5.41) is 0. The Balaban J connectivity index is 1.87. The van der Waals surface area contributed by atoms with Gasteiger partial charge in [0.05, 0.1) is 5.57 Å². The molecule has 1 saturated heterocycles. The summed E-state index contributed by atoms with van der Waals surface area (Å²) in [6.45, 7) is 4.43. The highest BCUT2D eigenvalue weighted by atomic mass is 16.2. The zero-order chi connectivity index (χ0) is 16.9. The van der Waals surface area contributed by atoms with Crippen LogP contribution in [0.5, 0.6) is 0 Å². The summed E-state index contributed by atoms with van der Waals surface area (Å²) in [6.07, 6.45) is 6.42. The molecule has 2 aliphatic heterocycles. The normalized spacial score (nSPS) is 18.2. The molecule has 1 fully saturated rings. The molecule has 24 heavy (non-hydrogen) atoms. The molecule has 0 atom stereocenters. The maximum absolute atomic E-state index is 13.0. The maximum atomic E-state index is 13.0. The molecule has 4 nitrogen and oxygen atoms in total. The summed E-state index contributed by atoms with van der Waals surface area (Å²) >= 11 is 0. The highest BCUT2D eigenvalue weighted by Gasteiger charge is 2.41. The van der Waals surface area contributed by atoms with Gasteiger partial charge in [-0.1, -0.05) is 56.5 Å². The van der Waals surface area contributed by atoms with Crippen LogP contribution in [0.3, 0.4) is 0 Å². The largest absolute Gasteiger partial charge is 0.366 e. The number of amides is 2. The van der Waals surface area contributed by atoms with Gasteiger partial charge in [0.2, 0.25) is 0 Å². The monoisotopic (exact) mass is 326 g/mol. The average Bonchev–Trinajstić information content (AvgIpc) is 3.20. The van der Waals surface area contributed by atoms with Crippen molar-refractivity contribution in [2.24, 2.45) is 0 Å². The summed E-state index contributed by atoms with van der Waals surface area (Å²) in [5.41, 5.74) is 2.07. The fourth-order valence-corrected chi connectivity index (χ4v) is 3.56. The predicted molar refractivity (Wildman–Crippen MR) is 95.0 cm³/mol. The van der Waals surface area contributed by atoms with Crippen LogP contribution in [-0.4, -0.2) is 41.2 Å². The molecule has 2 aliphatic rings. The van der Waals surface area contributed by atoms with Crippen LogP contribution in [0.2, 0.25) is 0 Å². The van der Waals surface area contributed by atoms with Crippen molar-refractivity contribution < 1.29 is 9.59 Å². The van der Waals surface area contributed by atoms with Crippen molar-refractivity contribution in [2.45, 2.75) is 45.4 Å². The van der Waals surface area contributed by atoms with Gasteiger partial charge in [-0.3, -0.25) is 14.5 Å². The third kappa shape index (κ3) is 3.23. The van der Waals surface area contributed by atoms with Crippen LogP contribution >= 0.6 is 0 Å². The average molecular weight is 326 g/mol. The van der Waals surface area contributed by atoms with Gasteiger partial charge in [-0.25, -0.2) is 0 Å². The first-order chi connectivity index (χ1) is 11.7. The highest BCUT2D eigenvalue weighted by molar-refractivity contribution is 6.35. The number of hydrogen-bond acceptors (Lipinski definition) is 3. The Kier molecular flexibility index (Phi) is 5.34. The van der Waals surface area contributed by atoms with Gasteiger partial charge in [0.1, 0.15) is 5.70 Å². The molecule has 1 aromatic carbocycles. The summed E-state index contributed by atoms with van der Waals surface area (Å²) in [5.74, 6) is -0.221. The van der Waals surface area contributed by atoms with Crippen LogP contribution in [0.15, 0.2) is 36.0 Å². The second-order valence-electron chi connectivity index (χ2n) is 6.61. The number of unbranched alkanes of at least 4 members (excludes halogenated alkanes) is 3. The molecule has 0 unspecified atom stereocenters. The number of likely N-dealkylation sites (tertiary alicyclic amines) is 1. The Morgan fingerprint density at radius 1 is 0.917 bits per heavy atom. The van der Waals surface area contributed by atoms with Crippen LogP contribution in [0.4, 0.5) is 0 Å². The molecule has 0 bridgehead atoms. The maximum Gasteiger partial charge on any atom is 0.277 e. The SMILES string of the molecule is CCCCCCN1C(=O)C(c2ccccc2)=C(N2CCCC2)C1=O. The summed E-state index contributed by atoms with van der Waals surface area (Å²) in [4.78, 5) is 29.5. The lowest BCUT2D eigenvalue weighted by Crippen LogP contribution is -2.35. The molecule has 3 rings (SSSR count). The number of benzene rings is 1. The zero-order valence-corrected chi connectivity index (χ0v) is 14.5. The smallest absolute Gasteiger partial charge is 0.277 e. The fourth-order valence-electron chi connectivity index (χ4n) is 3.56. The number of nitrogens with zero attached hydrogens (tertiary/aromatic N) is 2. The van der Waals surface area contributed by atoms with E-state index in [9.17, 15) is 9.59 Å². The van der Waals surface area contributed by atoms with Gasteiger partial charge in [0, 0.05) is 19.6 Å². The lowest BCUT2D eigenvalue weighted by Gasteiger charge is -2.20. The van der Waals surface area contributed by atoms with Crippen molar-refractivity contribution in [3.8, 4) is 0 Å². The predicted octanol–water partition coefficient (Wildman–Crippen LogP) is 3.44. The Labute approximate surface area is 144 Å². The molecule has 0 N–H and O–H groups in total. The van der Waals surface area contributed by atoms with Gasteiger partial charge in [-0.05, 0) is 24.8 Å². The van der Waals surface area contributed by atoms with Crippen LogP contribution in [-0.2, 0) is 9.59 Å². The topological polar surface area (TPSA) is 40.6 Å². The van der Waals surface area contributed by atoms with Crippen LogP contribution in [0, 0.1) is 0 Å². The number of hydrogen-bond donors (Lipinski definition) is 0. The number of carbonyl (C=O) groups is 2. The first-order valence-corrected chi connectivity index (χ1v) is 9.15. The molecule has 1 aromatic rings. The van der Waals surface area contributed by atoms with Gasteiger partial charge in [0.15, 0.2) is 0 Å². The van der Waals surface area contributed by atoms with E-state index in [0.717, 1.165) is 57.2 Å². The number of rotatable bonds is 7. The van der Waals surface area contributed by atoms with Crippen molar-refractivity contribution in [1.29, 1.82) is 0 Å². The summed E-state index contributed by atoms with van der Waals surface area (Å²) in [6, 6.07) is 9.63. The van der Waals surface area contributed by atoms with Crippen molar-refractivity contribution in [2.75, 3.05) is 19.6 Å². The lowest BCUT2D eigenvalue weighted by atomic mass is 10.0. The molecule has 2 amide bonds. The minimum absolute atomic E-state index is 0.0998. The van der Waals surface area contributed by atoms with Crippen molar-refractivity contribution in [3.63, 3.8) is 0 Å². The molecular formula is C20H26N2O2. The van der Waals surface area contributed by atoms with E-state index in [1.165, 1.54) is 4.90 Å². The standard InChI is InChI=1S/C20H26N2O2/c1-2-3-4-8-15-22-19(23)17(16-11-6-5-7-12-16)18(20(22)24)21-13-9-10-14-21/h5-7,11-12H,2-4,8-10,13-15H2,1H3. The molecule has 0 aromatic heterocycles. The molecule has 4 heteroatoms. The van der Waals surface area contributed by atoms with E-state index < -0.39 is 0 Å². The van der Waals surface area contributed by atoms with E-state index in [-0.39, 0.29) is 11.8 Å². The zero-order valence-electron chi connectivity index (χ0n) is 14.5. The van der Waals surface area contributed by atoms with E-state index in [1.807, 2.05) is 30.3 Å². The molecular weight excluding hydrogens is 300 g/mol. The molecule has 128 valence electrons. The quantitative estimate of drug-likeness (QED) is 0.569. The lowest BCUT2D eigenvalue weighted by molar-refractivity contribution is -0.137. The van der Waals surface area contributed by atoms with Crippen LogP contribution in [0.1, 0.15) is 51.0 Å². The first kappa shape index (κ1) is 16.7. The van der Waals surface area contributed by atoms with Gasteiger partial charge in [-0.2, -0.15) is 0 Å². The van der Waals surface area contributed by atoms with Crippen LogP contribution < -0.4 is 0 Å². The van der Waals surface area contributed by atoms with Gasteiger partial charge in [0.25, 0.3) is 11.8 Å². The molecule has 2 heterocycles. The van der Waals surface area contributed by atoms with E-state index in [0.29, 0.717) is 17.8 Å². The third-order valence-corrected chi connectivity index (χ3v) is 4.86. The number of carbonyl (C=O) groups excluding carboxylic acids is 2. The third-order valence-electron chi connectivity index (χ3n) is 4.86. The van der Waals surface area contributed by atoms with Gasteiger partial charge >= 0.3 is 0 Å². The summed E-state index contributed by atoms with van der Waals surface area (Å²) in [7, 11) is 0. The fraction of sp³-hybridized carbons (Fsp3) is 0.500. The van der Waals surface area contributed by atoms with Crippen molar-refractivity contribution in [1.82, 2.24) is 9.80 Å². The first-order valence-electron chi connectivity index (χ1n) is 9.15. The van der Waals surface area contributed by atoms with Gasteiger partial charge < -0.3 is 4.90 Å². The summed E-state index contributed by atoms with van der Waals surface area (Å²) < 4.78 is 0. The molecule has 0 saturated carbocycles. The second kappa shape index (κ2) is 7.65. The molecule has 0 aliphatic carbocycles. The Morgan fingerprint density at radius 3 is 2.29 bits per heavy atom. The van der Waals surface area contributed by atoms with E-state index in [4.69, 9.17) is 0 Å². The van der Waals surface area contributed by atoms with Gasteiger partial charge in [-0.15, -0.1) is 0 Å². The van der Waals surface area contributed by atoms with Crippen molar-refractivity contribution >= 4 is 17.4 Å². The van der Waals surface area contributed by atoms with E-state index in [2.05, 4.69) is 11.8 Å². The molecule has 0 spiro atoms. The number of imide groups is 1. The Hall–Kier alpha value is -2.10. The second-order valence-corrected chi connectivity index (χ2v) is 6.61. The molecule has 0 radical (unpaired) electrons. The Bertz CT molecular complexity index is 630. The van der Waals surface area contributed by atoms with E-state index in [1.54, 1.807) is 0 Å². The van der Waals surface area contributed by atoms with Crippen molar-refractivity contribution in [3.05, 3.63) is 41.6 Å². The highest BCUT2D eigenvalue weighted by Crippen LogP contribution is 2.33. The minimum atomic E-state index is -0.121. The van der Waals surface area contributed by atoms with Crippen LogP contribution in [0.25, 0.3) is 5.57 Å². The minimum Gasteiger partial charge on any atom is -0.366 e.